The Balaban J connectivity index is 2.72. The summed E-state index contributed by atoms with van der Waals surface area (Å²) in [6.07, 6.45) is 0. The number of nitrogens with two attached hydrogens (primary N) is 1. The maximum absolute atomic E-state index is 9.15. The molecule has 0 aliphatic heterocycles. The standard InChI is InChI=1S/C11H18N2O/c1-8(2)11(7-14)13-10-6-4-3-5-9(10)12/h3-6,8,11,13-14H,7,12H2,1-2H3/t11-/m1/s1. The zero-order valence-corrected chi connectivity index (χ0v) is 8.70. The number of benzene rings is 1. The van der Waals surface area contributed by atoms with E-state index in [2.05, 4.69) is 19.2 Å². The molecule has 0 spiro atoms. The summed E-state index contributed by atoms with van der Waals surface area (Å²) in [7, 11) is 0. The van der Waals surface area contributed by atoms with Crippen molar-refractivity contribution in [1.82, 2.24) is 0 Å². The van der Waals surface area contributed by atoms with Crippen LogP contribution in [0.1, 0.15) is 13.8 Å². The summed E-state index contributed by atoms with van der Waals surface area (Å²) in [5.41, 5.74) is 7.38. The minimum atomic E-state index is 0.0553. The smallest absolute Gasteiger partial charge is 0.0635 e. The molecular weight excluding hydrogens is 176 g/mol. The molecule has 78 valence electrons. The van der Waals surface area contributed by atoms with Crippen LogP contribution in [0.5, 0.6) is 0 Å². The topological polar surface area (TPSA) is 58.3 Å². The normalized spacial score (nSPS) is 12.9. The Kier molecular flexibility index (Phi) is 3.77. The number of para-hydroxylation sites is 2. The summed E-state index contributed by atoms with van der Waals surface area (Å²) in [6, 6.07) is 7.63. The zero-order valence-electron chi connectivity index (χ0n) is 8.70. The lowest BCUT2D eigenvalue weighted by molar-refractivity contribution is 0.249. The molecule has 0 aromatic heterocycles. The SMILES string of the molecule is CC(C)[C@@H](CO)Nc1ccccc1N. The first kappa shape index (κ1) is 10.9. The van der Waals surface area contributed by atoms with Gasteiger partial charge in [-0.15, -0.1) is 0 Å². The first-order valence-corrected chi connectivity index (χ1v) is 4.87. The van der Waals surface area contributed by atoms with Crippen molar-refractivity contribution in [3.05, 3.63) is 24.3 Å². The molecule has 0 aliphatic carbocycles. The molecule has 0 saturated carbocycles. The Hall–Kier alpha value is -1.22. The molecule has 1 aromatic rings. The second-order valence-corrected chi connectivity index (χ2v) is 3.76. The van der Waals surface area contributed by atoms with Crippen LogP contribution in [0.25, 0.3) is 0 Å². The van der Waals surface area contributed by atoms with Gasteiger partial charge in [-0.3, -0.25) is 0 Å². The molecule has 14 heavy (non-hydrogen) atoms. The van der Waals surface area contributed by atoms with Crippen LogP contribution in [0.2, 0.25) is 0 Å². The minimum absolute atomic E-state index is 0.0553. The average molecular weight is 194 g/mol. The largest absolute Gasteiger partial charge is 0.397 e. The highest BCUT2D eigenvalue weighted by molar-refractivity contribution is 5.65. The molecule has 0 unspecified atom stereocenters. The Labute approximate surface area is 84.9 Å². The molecule has 0 aliphatic rings. The minimum Gasteiger partial charge on any atom is -0.397 e. The van der Waals surface area contributed by atoms with Gasteiger partial charge in [0, 0.05) is 0 Å². The zero-order chi connectivity index (χ0) is 10.6. The highest BCUT2D eigenvalue weighted by Crippen LogP contribution is 2.19. The Morgan fingerprint density at radius 3 is 2.50 bits per heavy atom. The summed E-state index contributed by atoms with van der Waals surface area (Å²) in [6.45, 7) is 4.24. The highest BCUT2D eigenvalue weighted by Gasteiger charge is 2.12. The summed E-state index contributed by atoms with van der Waals surface area (Å²) in [5.74, 6) is 0.375. The summed E-state index contributed by atoms with van der Waals surface area (Å²) in [5, 5.41) is 12.4. The first-order valence-electron chi connectivity index (χ1n) is 4.87. The number of aliphatic hydroxyl groups excluding tert-OH is 1. The van der Waals surface area contributed by atoms with Crippen molar-refractivity contribution in [3.63, 3.8) is 0 Å². The molecule has 1 aromatic carbocycles. The third-order valence-corrected chi connectivity index (χ3v) is 2.30. The van der Waals surface area contributed by atoms with Gasteiger partial charge in [-0.1, -0.05) is 26.0 Å². The molecule has 0 heterocycles. The number of aliphatic hydroxyl groups is 1. The Bertz CT molecular complexity index is 286. The summed E-state index contributed by atoms with van der Waals surface area (Å²) in [4.78, 5) is 0. The van der Waals surface area contributed by atoms with Gasteiger partial charge in [0.1, 0.15) is 0 Å². The van der Waals surface area contributed by atoms with Crippen molar-refractivity contribution in [1.29, 1.82) is 0 Å². The van der Waals surface area contributed by atoms with Crippen LogP contribution in [0.4, 0.5) is 11.4 Å². The van der Waals surface area contributed by atoms with E-state index in [4.69, 9.17) is 10.8 Å². The summed E-state index contributed by atoms with van der Waals surface area (Å²) < 4.78 is 0. The van der Waals surface area contributed by atoms with E-state index < -0.39 is 0 Å². The molecule has 3 heteroatoms. The molecule has 0 amide bonds. The molecule has 4 N–H and O–H groups in total. The lowest BCUT2D eigenvalue weighted by Gasteiger charge is -2.22. The molecule has 1 rings (SSSR count). The second-order valence-electron chi connectivity index (χ2n) is 3.76. The van der Waals surface area contributed by atoms with E-state index in [1.807, 2.05) is 24.3 Å². The Morgan fingerprint density at radius 1 is 1.36 bits per heavy atom. The van der Waals surface area contributed by atoms with E-state index in [0.717, 1.165) is 5.69 Å². The second kappa shape index (κ2) is 4.86. The van der Waals surface area contributed by atoms with Gasteiger partial charge in [-0.2, -0.15) is 0 Å². The number of rotatable bonds is 4. The average Bonchev–Trinajstić information content (AvgIpc) is 2.16. The van der Waals surface area contributed by atoms with Gasteiger partial charge in [0.15, 0.2) is 0 Å². The van der Waals surface area contributed by atoms with Gasteiger partial charge < -0.3 is 16.2 Å². The predicted molar refractivity (Wildman–Crippen MR) is 60.2 cm³/mol. The van der Waals surface area contributed by atoms with Crippen LogP contribution < -0.4 is 11.1 Å². The van der Waals surface area contributed by atoms with E-state index >= 15 is 0 Å². The van der Waals surface area contributed by atoms with Crippen LogP contribution in [0.3, 0.4) is 0 Å². The van der Waals surface area contributed by atoms with Gasteiger partial charge in [0.2, 0.25) is 0 Å². The van der Waals surface area contributed by atoms with Crippen molar-refractivity contribution < 1.29 is 5.11 Å². The van der Waals surface area contributed by atoms with Crippen LogP contribution in [-0.2, 0) is 0 Å². The van der Waals surface area contributed by atoms with Crippen LogP contribution in [0, 0.1) is 5.92 Å². The number of anilines is 2. The van der Waals surface area contributed by atoms with E-state index in [1.165, 1.54) is 0 Å². The van der Waals surface area contributed by atoms with Crippen molar-refractivity contribution in [2.75, 3.05) is 17.7 Å². The maximum Gasteiger partial charge on any atom is 0.0635 e. The third-order valence-electron chi connectivity index (χ3n) is 2.30. The molecule has 0 fully saturated rings. The molecule has 0 bridgehead atoms. The molecule has 1 atom stereocenters. The number of nitrogen functional groups attached to an aromatic ring is 1. The number of nitrogens with one attached hydrogen (secondary N) is 1. The first-order chi connectivity index (χ1) is 6.65. The quantitative estimate of drug-likeness (QED) is 0.639. The molecule has 3 nitrogen and oxygen atoms in total. The van der Waals surface area contributed by atoms with Gasteiger partial charge in [0.25, 0.3) is 0 Å². The van der Waals surface area contributed by atoms with Crippen LogP contribution in [-0.4, -0.2) is 17.8 Å². The molecule has 0 saturated heterocycles. The van der Waals surface area contributed by atoms with Crippen LogP contribution >= 0.6 is 0 Å². The maximum atomic E-state index is 9.15. The highest BCUT2D eigenvalue weighted by atomic mass is 16.3. The van der Waals surface area contributed by atoms with Crippen molar-refractivity contribution >= 4 is 11.4 Å². The van der Waals surface area contributed by atoms with Gasteiger partial charge in [-0.05, 0) is 18.1 Å². The van der Waals surface area contributed by atoms with E-state index in [0.29, 0.717) is 11.6 Å². The van der Waals surface area contributed by atoms with Gasteiger partial charge >= 0.3 is 0 Å². The van der Waals surface area contributed by atoms with Crippen LogP contribution in [0.15, 0.2) is 24.3 Å². The number of hydrogen-bond donors (Lipinski definition) is 3. The predicted octanol–water partition coefficient (Wildman–Crippen LogP) is 1.70. The Morgan fingerprint density at radius 2 is 2.00 bits per heavy atom. The summed E-state index contributed by atoms with van der Waals surface area (Å²) >= 11 is 0. The van der Waals surface area contributed by atoms with Gasteiger partial charge in [-0.25, -0.2) is 0 Å². The van der Waals surface area contributed by atoms with E-state index in [1.54, 1.807) is 0 Å². The third kappa shape index (κ3) is 2.64. The van der Waals surface area contributed by atoms with E-state index in [9.17, 15) is 0 Å². The monoisotopic (exact) mass is 194 g/mol. The number of hydrogen-bond acceptors (Lipinski definition) is 3. The van der Waals surface area contributed by atoms with Crippen molar-refractivity contribution in [3.8, 4) is 0 Å². The fourth-order valence-electron chi connectivity index (χ4n) is 1.25. The molecular formula is C11H18N2O. The molecule has 0 radical (unpaired) electrons. The van der Waals surface area contributed by atoms with E-state index in [-0.39, 0.29) is 12.6 Å². The van der Waals surface area contributed by atoms with Gasteiger partial charge in [0.05, 0.1) is 24.0 Å². The fraction of sp³-hybridized carbons (Fsp3) is 0.455. The lowest BCUT2D eigenvalue weighted by atomic mass is 10.0. The lowest BCUT2D eigenvalue weighted by Crippen LogP contribution is -2.29. The fourth-order valence-corrected chi connectivity index (χ4v) is 1.25. The van der Waals surface area contributed by atoms with Crippen molar-refractivity contribution in [2.45, 2.75) is 19.9 Å². The van der Waals surface area contributed by atoms with Crippen molar-refractivity contribution in [2.24, 2.45) is 5.92 Å².